The average Bonchev–Trinajstić information content (AvgIpc) is 2.56. The monoisotopic (exact) mass is 304 g/mol. The maximum absolute atomic E-state index is 12.4. The highest BCUT2D eigenvalue weighted by Gasteiger charge is 2.36. The molecule has 1 N–H and O–H groups in total. The van der Waals surface area contributed by atoms with Gasteiger partial charge in [-0.15, -0.1) is 0 Å². The SMILES string of the molecule is O=C(O)C(=O)C(/N=N/c1ccccc1)C(=O)C1CCOCC1. The lowest BCUT2D eigenvalue weighted by atomic mass is 9.90. The Morgan fingerprint density at radius 2 is 1.77 bits per heavy atom. The molecular formula is C15H16N2O5. The zero-order valence-electron chi connectivity index (χ0n) is 11.8. The van der Waals surface area contributed by atoms with E-state index in [9.17, 15) is 14.4 Å². The zero-order valence-corrected chi connectivity index (χ0v) is 11.8. The highest BCUT2D eigenvalue weighted by atomic mass is 16.5. The first-order chi connectivity index (χ1) is 10.6. The van der Waals surface area contributed by atoms with Crippen molar-refractivity contribution in [2.24, 2.45) is 16.1 Å². The fourth-order valence-corrected chi connectivity index (χ4v) is 2.18. The van der Waals surface area contributed by atoms with E-state index in [4.69, 9.17) is 9.84 Å². The summed E-state index contributed by atoms with van der Waals surface area (Å²) in [5, 5.41) is 16.4. The molecule has 0 aliphatic carbocycles. The summed E-state index contributed by atoms with van der Waals surface area (Å²) >= 11 is 0. The summed E-state index contributed by atoms with van der Waals surface area (Å²) in [7, 11) is 0. The number of carboxylic acid groups (broad SMARTS) is 1. The number of Topliss-reactive ketones (excluding diaryl/α,β-unsaturated/α-hetero) is 2. The number of ketones is 2. The normalized spacial score (nSPS) is 17.3. The molecule has 0 saturated carbocycles. The van der Waals surface area contributed by atoms with Crippen molar-refractivity contribution < 1.29 is 24.2 Å². The van der Waals surface area contributed by atoms with E-state index in [1.54, 1.807) is 30.3 Å². The molecule has 1 heterocycles. The number of benzene rings is 1. The molecule has 1 aliphatic heterocycles. The highest BCUT2D eigenvalue weighted by Crippen LogP contribution is 2.20. The maximum Gasteiger partial charge on any atom is 0.375 e. The van der Waals surface area contributed by atoms with Gasteiger partial charge in [0.05, 0.1) is 5.69 Å². The number of azo groups is 1. The Labute approximate surface area is 127 Å². The summed E-state index contributed by atoms with van der Waals surface area (Å²) in [6, 6.07) is 6.92. The first-order valence-corrected chi connectivity index (χ1v) is 6.94. The van der Waals surface area contributed by atoms with Gasteiger partial charge in [0.1, 0.15) is 0 Å². The van der Waals surface area contributed by atoms with Crippen LogP contribution in [-0.4, -0.2) is 41.9 Å². The quantitative estimate of drug-likeness (QED) is 0.490. The van der Waals surface area contributed by atoms with Gasteiger partial charge in [-0.2, -0.15) is 10.2 Å². The Morgan fingerprint density at radius 1 is 1.14 bits per heavy atom. The molecule has 7 heteroatoms. The number of hydrogen-bond acceptors (Lipinski definition) is 6. The molecule has 1 fully saturated rings. The Kier molecular flexibility index (Phi) is 5.48. The molecule has 1 aromatic carbocycles. The second-order valence-corrected chi connectivity index (χ2v) is 4.91. The van der Waals surface area contributed by atoms with E-state index in [2.05, 4.69) is 10.2 Å². The van der Waals surface area contributed by atoms with E-state index in [0.717, 1.165) is 0 Å². The van der Waals surface area contributed by atoms with Gasteiger partial charge in [0, 0.05) is 19.1 Å². The summed E-state index contributed by atoms with van der Waals surface area (Å²) in [5.74, 6) is -3.86. The smallest absolute Gasteiger partial charge is 0.375 e. The van der Waals surface area contributed by atoms with Crippen LogP contribution >= 0.6 is 0 Å². The van der Waals surface area contributed by atoms with Crippen LogP contribution in [-0.2, 0) is 19.1 Å². The summed E-state index contributed by atoms with van der Waals surface area (Å²) in [6.07, 6.45) is 0.923. The van der Waals surface area contributed by atoms with Gasteiger partial charge in [-0.05, 0) is 25.0 Å². The number of carboxylic acids is 1. The average molecular weight is 304 g/mol. The van der Waals surface area contributed by atoms with Crippen molar-refractivity contribution in [2.45, 2.75) is 18.9 Å². The predicted molar refractivity (Wildman–Crippen MR) is 75.9 cm³/mol. The molecule has 1 atom stereocenters. The number of carbonyl (C=O) groups excluding carboxylic acids is 2. The number of carbonyl (C=O) groups is 3. The topological polar surface area (TPSA) is 105 Å². The molecule has 1 unspecified atom stereocenters. The fourth-order valence-electron chi connectivity index (χ4n) is 2.18. The van der Waals surface area contributed by atoms with Crippen LogP contribution in [0.2, 0.25) is 0 Å². The van der Waals surface area contributed by atoms with Crippen molar-refractivity contribution in [3.05, 3.63) is 30.3 Å². The van der Waals surface area contributed by atoms with Crippen LogP contribution < -0.4 is 0 Å². The zero-order chi connectivity index (χ0) is 15.9. The second kappa shape index (κ2) is 7.56. The standard InChI is InChI=1S/C15H16N2O5/c18-13(10-6-8-22-9-7-10)12(14(19)15(20)21)17-16-11-4-2-1-3-5-11/h1-5,10,12H,6-9H2,(H,20,21)/b17-16+. The van der Waals surface area contributed by atoms with Crippen LogP contribution in [0.25, 0.3) is 0 Å². The van der Waals surface area contributed by atoms with Crippen LogP contribution in [0.3, 0.4) is 0 Å². The van der Waals surface area contributed by atoms with Crippen LogP contribution in [0.4, 0.5) is 5.69 Å². The van der Waals surface area contributed by atoms with Gasteiger partial charge in [-0.3, -0.25) is 9.59 Å². The number of nitrogens with zero attached hydrogens (tertiary/aromatic N) is 2. The third kappa shape index (κ3) is 4.05. The third-order valence-electron chi connectivity index (χ3n) is 3.40. The van der Waals surface area contributed by atoms with Gasteiger partial charge < -0.3 is 9.84 Å². The highest BCUT2D eigenvalue weighted by molar-refractivity contribution is 6.39. The molecule has 0 spiro atoms. The minimum Gasteiger partial charge on any atom is -0.475 e. The molecule has 116 valence electrons. The lowest BCUT2D eigenvalue weighted by molar-refractivity contribution is -0.151. The lowest BCUT2D eigenvalue weighted by Gasteiger charge is -2.22. The van der Waals surface area contributed by atoms with E-state index in [0.29, 0.717) is 31.7 Å². The largest absolute Gasteiger partial charge is 0.475 e. The van der Waals surface area contributed by atoms with Gasteiger partial charge in [-0.25, -0.2) is 4.79 Å². The van der Waals surface area contributed by atoms with E-state index in [-0.39, 0.29) is 0 Å². The minimum absolute atomic E-state index is 0.417. The molecular weight excluding hydrogens is 288 g/mol. The Bertz CT molecular complexity index is 579. The molecule has 7 nitrogen and oxygen atoms in total. The molecule has 1 saturated heterocycles. The molecule has 22 heavy (non-hydrogen) atoms. The molecule has 0 amide bonds. The molecule has 2 rings (SSSR count). The Morgan fingerprint density at radius 3 is 2.36 bits per heavy atom. The van der Waals surface area contributed by atoms with Crippen molar-refractivity contribution >= 4 is 23.2 Å². The number of hydrogen-bond donors (Lipinski definition) is 1. The molecule has 0 radical (unpaired) electrons. The van der Waals surface area contributed by atoms with Crippen molar-refractivity contribution in [2.75, 3.05) is 13.2 Å². The fraction of sp³-hybridized carbons (Fsp3) is 0.400. The summed E-state index contributed by atoms with van der Waals surface area (Å²) < 4.78 is 5.16. The van der Waals surface area contributed by atoms with Crippen molar-refractivity contribution in [3.63, 3.8) is 0 Å². The van der Waals surface area contributed by atoms with Crippen molar-refractivity contribution in [1.82, 2.24) is 0 Å². The van der Waals surface area contributed by atoms with Crippen LogP contribution in [0.1, 0.15) is 12.8 Å². The van der Waals surface area contributed by atoms with E-state index in [1.807, 2.05) is 0 Å². The van der Waals surface area contributed by atoms with Crippen LogP contribution in [0.5, 0.6) is 0 Å². The van der Waals surface area contributed by atoms with Crippen LogP contribution in [0, 0.1) is 5.92 Å². The van der Waals surface area contributed by atoms with Gasteiger partial charge in [0.2, 0.25) is 0 Å². The van der Waals surface area contributed by atoms with Crippen molar-refractivity contribution in [3.8, 4) is 0 Å². The van der Waals surface area contributed by atoms with Crippen molar-refractivity contribution in [1.29, 1.82) is 0 Å². The predicted octanol–water partition coefficient (Wildman–Crippen LogP) is 1.79. The summed E-state index contributed by atoms with van der Waals surface area (Å²) in [4.78, 5) is 35.0. The molecule has 0 bridgehead atoms. The Hall–Kier alpha value is -2.41. The molecule has 1 aromatic rings. The van der Waals surface area contributed by atoms with Crippen LogP contribution in [0.15, 0.2) is 40.6 Å². The van der Waals surface area contributed by atoms with Gasteiger partial charge >= 0.3 is 5.97 Å². The summed E-state index contributed by atoms with van der Waals surface area (Å²) in [5.41, 5.74) is 0.450. The number of rotatable bonds is 6. The molecule has 1 aliphatic rings. The molecule has 0 aromatic heterocycles. The summed E-state index contributed by atoms with van der Waals surface area (Å²) in [6.45, 7) is 0.834. The van der Waals surface area contributed by atoms with E-state index >= 15 is 0 Å². The first-order valence-electron chi connectivity index (χ1n) is 6.94. The number of aliphatic carboxylic acids is 1. The lowest BCUT2D eigenvalue weighted by Crippen LogP contribution is -2.39. The van der Waals surface area contributed by atoms with E-state index in [1.165, 1.54) is 0 Å². The van der Waals surface area contributed by atoms with Gasteiger partial charge in [0.15, 0.2) is 11.8 Å². The Balaban J connectivity index is 2.18. The van der Waals surface area contributed by atoms with Gasteiger partial charge in [-0.1, -0.05) is 18.2 Å². The first kappa shape index (κ1) is 16.0. The van der Waals surface area contributed by atoms with E-state index < -0.39 is 29.5 Å². The second-order valence-electron chi connectivity index (χ2n) is 4.91. The van der Waals surface area contributed by atoms with Gasteiger partial charge in [0.25, 0.3) is 5.78 Å². The number of ether oxygens (including phenoxy) is 1. The maximum atomic E-state index is 12.4. The minimum atomic E-state index is -1.68. The third-order valence-corrected chi connectivity index (χ3v) is 3.40.